The lowest BCUT2D eigenvalue weighted by molar-refractivity contribution is -0.151. The molecule has 0 aliphatic heterocycles. The molecule has 0 saturated heterocycles. The van der Waals surface area contributed by atoms with E-state index in [0.717, 1.165) is 31.4 Å². The molecule has 0 spiro atoms. The van der Waals surface area contributed by atoms with Gasteiger partial charge in [0.2, 0.25) is 0 Å². The van der Waals surface area contributed by atoms with E-state index in [9.17, 15) is 4.79 Å². The second-order valence-electron chi connectivity index (χ2n) is 5.84. The smallest absolute Gasteiger partial charge is 0.317 e. The molecule has 3 nitrogen and oxygen atoms in total. The van der Waals surface area contributed by atoms with Gasteiger partial charge in [0.1, 0.15) is 5.41 Å². The molecule has 21 heavy (non-hydrogen) atoms. The summed E-state index contributed by atoms with van der Waals surface area (Å²) in [6.45, 7) is 4.48. The summed E-state index contributed by atoms with van der Waals surface area (Å²) < 4.78 is 5.38. The molecule has 0 amide bonds. The molecule has 2 rings (SSSR count). The molecule has 1 aliphatic carbocycles. The first kappa shape index (κ1) is 15.7. The molecular weight excluding hydrogens is 262 g/mol. The van der Waals surface area contributed by atoms with Crippen LogP contribution in [-0.2, 0) is 9.53 Å². The number of hydrogen-bond acceptors (Lipinski definition) is 3. The summed E-state index contributed by atoms with van der Waals surface area (Å²) in [5.41, 5.74) is 1.77. The van der Waals surface area contributed by atoms with E-state index in [-0.39, 0.29) is 5.97 Å². The van der Waals surface area contributed by atoms with Gasteiger partial charge in [0.05, 0.1) is 6.61 Å². The van der Waals surface area contributed by atoms with Crippen LogP contribution in [0.3, 0.4) is 0 Å². The molecule has 1 saturated carbocycles. The molecule has 0 heterocycles. The molecule has 2 atom stereocenters. The first-order chi connectivity index (χ1) is 10.1. The fourth-order valence-corrected chi connectivity index (χ4v) is 3.48. The average molecular weight is 287 g/mol. The lowest BCUT2D eigenvalue weighted by Crippen LogP contribution is -2.38. The van der Waals surface area contributed by atoms with E-state index in [0.29, 0.717) is 12.5 Å². The van der Waals surface area contributed by atoms with Crippen molar-refractivity contribution in [1.82, 2.24) is 0 Å². The highest BCUT2D eigenvalue weighted by Gasteiger charge is 2.48. The largest absolute Gasteiger partial charge is 0.465 e. The van der Waals surface area contributed by atoms with Crippen molar-refractivity contribution in [3.8, 4) is 0 Å². The third-order valence-electron chi connectivity index (χ3n) is 4.53. The van der Waals surface area contributed by atoms with E-state index in [1.54, 1.807) is 7.05 Å². The molecule has 1 aliphatic rings. The van der Waals surface area contributed by atoms with Crippen molar-refractivity contribution in [2.75, 3.05) is 13.7 Å². The summed E-state index contributed by atoms with van der Waals surface area (Å²) in [7, 11) is 1.79. The van der Waals surface area contributed by atoms with Crippen LogP contribution < -0.4 is 0 Å². The molecule has 114 valence electrons. The zero-order valence-corrected chi connectivity index (χ0v) is 13.3. The molecule has 0 bridgehead atoms. The van der Waals surface area contributed by atoms with E-state index in [4.69, 9.17) is 4.74 Å². The van der Waals surface area contributed by atoms with Gasteiger partial charge in [-0.1, -0.05) is 37.3 Å². The van der Waals surface area contributed by atoms with Crippen LogP contribution in [0.15, 0.2) is 35.3 Å². The molecule has 0 N–H and O–H groups in total. The van der Waals surface area contributed by atoms with Gasteiger partial charge >= 0.3 is 5.97 Å². The maximum atomic E-state index is 12.6. The first-order valence-corrected chi connectivity index (χ1v) is 7.82. The SMILES string of the molecule is CCOC(=O)[C@@]1(CC(C)c2ccccc2)CCCC1=NC. The summed E-state index contributed by atoms with van der Waals surface area (Å²) in [6.07, 6.45) is 3.57. The molecule has 1 unspecified atom stereocenters. The van der Waals surface area contributed by atoms with Crippen LogP contribution >= 0.6 is 0 Å². The summed E-state index contributed by atoms with van der Waals surface area (Å²) in [5, 5.41) is 0. The Labute approximate surface area is 127 Å². The summed E-state index contributed by atoms with van der Waals surface area (Å²) in [4.78, 5) is 17.0. The fraction of sp³-hybridized carbons (Fsp3) is 0.556. The van der Waals surface area contributed by atoms with Crippen molar-refractivity contribution in [3.05, 3.63) is 35.9 Å². The van der Waals surface area contributed by atoms with Crippen molar-refractivity contribution >= 4 is 11.7 Å². The van der Waals surface area contributed by atoms with Crippen LogP contribution in [0, 0.1) is 5.41 Å². The maximum absolute atomic E-state index is 12.6. The Balaban J connectivity index is 2.27. The lowest BCUT2D eigenvalue weighted by Gasteiger charge is -2.30. The maximum Gasteiger partial charge on any atom is 0.317 e. The number of nitrogens with zero attached hydrogens (tertiary/aromatic N) is 1. The fourth-order valence-electron chi connectivity index (χ4n) is 3.48. The molecule has 3 heteroatoms. The van der Waals surface area contributed by atoms with Crippen molar-refractivity contribution in [3.63, 3.8) is 0 Å². The summed E-state index contributed by atoms with van der Waals surface area (Å²) in [6, 6.07) is 10.4. The zero-order valence-electron chi connectivity index (χ0n) is 13.3. The molecule has 1 aromatic carbocycles. The minimum Gasteiger partial charge on any atom is -0.465 e. The Bertz CT molecular complexity index is 509. The van der Waals surface area contributed by atoms with Crippen LogP contribution in [0.4, 0.5) is 0 Å². The monoisotopic (exact) mass is 287 g/mol. The van der Waals surface area contributed by atoms with Gasteiger partial charge in [-0.25, -0.2) is 0 Å². The molecule has 1 aromatic rings. The average Bonchev–Trinajstić information content (AvgIpc) is 2.92. The van der Waals surface area contributed by atoms with Crippen molar-refractivity contribution in [1.29, 1.82) is 0 Å². The number of carbonyl (C=O) groups excluding carboxylic acids is 1. The van der Waals surface area contributed by atoms with Crippen molar-refractivity contribution < 1.29 is 9.53 Å². The van der Waals surface area contributed by atoms with Crippen molar-refractivity contribution in [2.45, 2.75) is 45.4 Å². The van der Waals surface area contributed by atoms with Crippen LogP contribution in [0.2, 0.25) is 0 Å². The number of hydrogen-bond donors (Lipinski definition) is 0. The Kier molecular flexibility index (Phi) is 5.16. The topological polar surface area (TPSA) is 38.7 Å². The van der Waals surface area contributed by atoms with Crippen LogP contribution in [0.5, 0.6) is 0 Å². The first-order valence-electron chi connectivity index (χ1n) is 7.82. The quantitative estimate of drug-likeness (QED) is 0.768. The van der Waals surface area contributed by atoms with E-state index < -0.39 is 5.41 Å². The minimum atomic E-state index is -0.514. The van der Waals surface area contributed by atoms with Gasteiger partial charge in [-0.2, -0.15) is 0 Å². The highest BCUT2D eigenvalue weighted by atomic mass is 16.5. The van der Waals surface area contributed by atoms with Gasteiger partial charge in [-0.3, -0.25) is 9.79 Å². The van der Waals surface area contributed by atoms with Gasteiger partial charge < -0.3 is 4.74 Å². The Morgan fingerprint density at radius 2 is 2.10 bits per heavy atom. The number of benzene rings is 1. The highest BCUT2D eigenvalue weighted by molar-refractivity contribution is 6.08. The van der Waals surface area contributed by atoms with Gasteiger partial charge in [0.15, 0.2) is 0 Å². The standard InChI is InChI=1S/C18H25NO2/c1-4-21-17(20)18(12-8-11-16(18)19-3)13-14(2)15-9-6-5-7-10-15/h5-7,9-10,14H,4,8,11-13H2,1-3H3/t14?,18-/m1/s1. The van der Waals surface area contributed by atoms with Gasteiger partial charge in [-0.05, 0) is 44.1 Å². The van der Waals surface area contributed by atoms with Crippen LogP contribution in [0.25, 0.3) is 0 Å². The third kappa shape index (κ3) is 3.17. The van der Waals surface area contributed by atoms with E-state index in [1.807, 2.05) is 25.1 Å². The second-order valence-corrected chi connectivity index (χ2v) is 5.84. The second kappa shape index (κ2) is 6.88. The van der Waals surface area contributed by atoms with E-state index in [1.165, 1.54) is 5.56 Å². The molecule has 0 radical (unpaired) electrons. The zero-order chi connectivity index (χ0) is 15.3. The summed E-state index contributed by atoms with van der Waals surface area (Å²) in [5.74, 6) is 0.219. The number of rotatable bonds is 5. The predicted molar refractivity (Wildman–Crippen MR) is 85.8 cm³/mol. The van der Waals surface area contributed by atoms with Crippen LogP contribution in [0.1, 0.15) is 51.0 Å². The Hall–Kier alpha value is -1.64. The predicted octanol–water partition coefficient (Wildman–Crippen LogP) is 3.98. The minimum absolute atomic E-state index is 0.0918. The van der Waals surface area contributed by atoms with Gasteiger partial charge in [0, 0.05) is 12.8 Å². The molecular formula is C18H25NO2. The lowest BCUT2D eigenvalue weighted by atomic mass is 9.75. The van der Waals surface area contributed by atoms with Gasteiger partial charge in [0.25, 0.3) is 0 Å². The highest BCUT2D eigenvalue weighted by Crippen LogP contribution is 2.44. The molecule has 1 fully saturated rings. The van der Waals surface area contributed by atoms with Crippen molar-refractivity contribution in [2.24, 2.45) is 10.4 Å². The number of ether oxygens (including phenoxy) is 1. The summed E-state index contributed by atoms with van der Waals surface area (Å²) >= 11 is 0. The van der Waals surface area contributed by atoms with E-state index >= 15 is 0 Å². The van der Waals surface area contributed by atoms with Gasteiger partial charge in [-0.15, -0.1) is 0 Å². The number of aliphatic imine (C=N–C) groups is 1. The normalized spacial score (nSPS) is 25.0. The number of carbonyl (C=O) groups is 1. The van der Waals surface area contributed by atoms with Crippen LogP contribution in [-0.4, -0.2) is 25.3 Å². The third-order valence-corrected chi connectivity index (χ3v) is 4.53. The van der Waals surface area contributed by atoms with E-state index in [2.05, 4.69) is 24.0 Å². The Morgan fingerprint density at radius 1 is 1.38 bits per heavy atom. The molecule has 0 aromatic heterocycles. The Morgan fingerprint density at radius 3 is 2.71 bits per heavy atom. The number of esters is 1.